The van der Waals surface area contributed by atoms with Gasteiger partial charge in [0.05, 0.1) is 27.6 Å². The van der Waals surface area contributed by atoms with E-state index in [2.05, 4.69) is 22.6 Å². The number of halogens is 1. The zero-order chi connectivity index (χ0) is 10.2. The highest BCUT2D eigenvalue weighted by Gasteiger charge is 2.38. The van der Waals surface area contributed by atoms with Crippen LogP contribution < -0.4 is 0 Å². The first-order chi connectivity index (χ1) is 6.57. The van der Waals surface area contributed by atoms with Gasteiger partial charge in [-0.05, 0) is 12.8 Å². The van der Waals surface area contributed by atoms with Crippen molar-refractivity contribution in [3.63, 3.8) is 0 Å². The summed E-state index contributed by atoms with van der Waals surface area (Å²) in [4.78, 5) is 0. The lowest BCUT2D eigenvalue weighted by atomic mass is 10.2. The van der Waals surface area contributed by atoms with Crippen LogP contribution in [-0.4, -0.2) is 36.1 Å². The van der Waals surface area contributed by atoms with Gasteiger partial charge in [-0.25, -0.2) is 8.42 Å². The van der Waals surface area contributed by atoms with Gasteiger partial charge in [-0.3, -0.25) is 0 Å². The predicted octanol–water partition coefficient (Wildman–Crippen LogP) is 1.55. The molecule has 0 bridgehead atoms. The van der Waals surface area contributed by atoms with E-state index < -0.39 is 9.84 Å². The smallest absolute Gasteiger partial charge is 0.154 e. The maximum absolute atomic E-state index is 11.3. The van der Waals surface area contributed by atoms with Gasteiger partial charge in [0, 0.05) is 0 Å². The molecule has 0 amide bonds. The van der Waals surface area contributed by atoms with Crippen LogP contribution in [0, 0.1) is 0 Å². The Bertz CT molecular complexity index is 295. The minimum atomic E-state index is -2.82. The fraction of sp³-hybridized carbons (Fsp3) is 1.00. The molecule has 2 atom stereocenters. The molecule has 0 aromatic heterocycles. The fourth-order valence-corrected chi connectivity index (χ4v) is 6.23. The maximum atomic E-state index is 11.3. The molecule has 0 aromatic rings. The quantitative estimate of drug-likeness (QED) is 0.570. The Hall–Kier alpha value is 0.640. The molecule has 2 fully saturated rings. The SMILES string of the molecule is O=S1(=O)CC(I)C(OC2CCCC2)C1. The van der Waals surface area contributed by atoms with Crippen molar-refractivity contribution in [2.75, 3.05) is 11.5 Å². The van der Waals surface area contributed by atoms with Crippen molar-refractivity contribution in [2.45, 2.75) is 41.8 Å². The molecule has 2 aliphatic rings. The molecule has 1 saturated carbocycles. The zero-order valence-corrected chi connectivity index (χ0v) is 11.0. The molecule has 0 N–H and O–H groups in total. The summed E-state index contributed by atoms with van der Waals surface area (Å²) in [6.45, 7) is 0. The van der Waals surface area contributed by atoms with Crippen molar-refractivity contribution in [3.8, 4) is 0 Å². The maximum Gasteiger partial charge on any atom is 0.154 e. The molecule has 1 saturated heterocycles. The van der Waals surface area contributed by atoms with Crippen molar-refractivity contribution in [1.82, 2.24) is 0 Å². The van der Waals surface area contributed by atoms with Crippen LogP contribution in [-0.2, 0) is 14.6 Å². The summed E-state index contributed by atoms with van der Waals surface area (Å²) in [6, 6.07) is 0. The van der Waals surface area contributed by atoms with E-state index in [0.717, 1.165) is 12.8 Å². The molecule has 82 valence electrons. The summed E-state index contributed by atoms with van der Waals surface area (Å²) < 4.78 is 28.7. The van der Waals surface area contributed by atoms with E-state index in [0.29, 0.717) is 11.9 Å². The largest absolute Gasteiger partial charge is 0.373 e. The van der Waals surface area contributed by atoms with Gasteiger partial charge in [-0.1, -0.05) is 35.4 Å². The third-order valence-electron chi connectivity index (χ3n) is 2.90. The molecule has 2 unspecified atom stereocenters. The van der Waals surface area contributed by atoms with E-state index in [4.69, 9.17) is 4.74 Å². The van der Waals surface area contributed by atoms with Crippen molar-refractivity contribution < 1.29 is 13.2 Å². The first-order valence-corrected chi connectivity index (χ1v) is 8.13. The van der Waals surface area contributed by atoms with Crippen molar-refractivity contribution in [2.24, 2.45) is 0 Å². The van der Waals surface area contributed by atoms with Crippen LogP contribution in [0.5, 0.6) is 0 Å². The van der Waals surface area contributed by atoms with E-state index in [1.54, 1.807) is 0 Å². The molecule has 1 heterocycles. The van der Waals surface area contributed by atoms with Crippen molar-refractivity contribution in [3.05, 3.63) is 0 Å². The highest BCUT2D eigenvalue weighted by atomic mass is 127. The first kappa shape index (κ1) is 11.1. The highest BCUT2D eigenvalue weighted by molar-refractivity contribution is 14.1. The average molecular weight is 330 g/mol. The van der Waals surface area contributed by atoms with Gasteiger partial charge < -0.3 is 4.74 Å². The van der Waals surface area contributed by atoms with E-state index >= 15 is 0 Å². The van der Waals surface area contributed by atoms with Gasteiger partial charge >= 0.3 is 0 Å². The van der Waals surface area contributed by atoms with Gasteiger partial charge in [0.15, 0.2) is 9.84 Å². The van der Waals surface area contributed by atoms with Gasteiger partial charge in [-0.2, -0.15) is 0 Å². The molecule has 0 aromatic carbocycles. The number of sulfone groups is 1. The molecule has 0 spiro atoms. The molecular weight excluding hydrogens is 315 g/mol. The summed E-state index contributed by atoms with van der Waals surface area (Å²) in [6.07, 6.45) is 4.96. The Morgan fingerprint density at radius 3 is 2.29 bits per heavy atom. The topological polar surface area (TPSA) is 43.4 Å². The normalized spacial score (nSPS) is 37.8. The molecule has 1 aliphatic carbocycles. The summed E-state index contributed by atoms with van der Waals surface area (Å²) in [5, 5.41) is 0. The molecule has 0 radical (unpaired) electrons. The van der Waals surface area contributed by atoms with Gasteiger partial charge in [-0.15, -0.1) is 0 Å². The van der Waals surface area contributed by atoms with E-state index in [1.165, 1.54) is 12.8 Å². The van der Waals surface area contributed by atoms with E-state index in [-0.39, 0.29) is 15.8 Å². The second kappa shape index (κ2) is 4.25. The number of alkyl halides is 1. The van der Waals surface area contributed by atoms with E-state index in [9.17, 15) is 8.42 Å². The molecule has 14 heavy (non-hydrogen) atoms. The number of ether oxygens (including phenoxy) is 1. The number of hydrogen-bond donors (Lipinski definition) is 0. The zero-order valence-electron chi connectivity index (χ0n) is 7.99. The second-order valence-corrected chi connectivity index (χ2v) is 7.93. The van der Waals surface area contributed by atoms with Gasteiger partial charge in [0.2, 0.25) is 0 Å². The molecular formula is C9H15IO3S. The fourth-order valence-electron chi connectivity index (χ4n) is 2.17. The predicted molar refractivity (Wildman–Crippen MR) is 63.6 cm³/mol. The van der Waals surface area contributed by atoms with Gasteiger partial charge in [0.1, 0.15) is 0 Å². The Kier molecular flexibility index (Phi) is 3.38. The first-order valence-electron chi connectivity index (χ1n) is 5.07. The number of rotatable bonds is 2. The lowest BCUT2D eigenvalue weighted by Gasteiger charge is -2.18. The van der Waals surface area contributed by atoms with Crippen LogP contribution >= 0.6 is 22.6 Å². The third kappa shape index (κ3) is 2.61. The summed E-state index contributed by atoms with van der Waals surface area (Å²) in [5.74, 6) is 0.530. The minimum absolute atomic E-state index is 0.0521. The van der Waals surface area contributed by atoms with Crippen LogP contribution in [0.25, 0.3) is 0 Å². The van der Waals surface area contributed by atoms with Gasteiger partial charge in [0.25, 0.3) is 0 Å². The summed E-state index contributed by atoms with van der Waals surface area (Å²) in [5.41, 5.74) is 0. The molecule has 5 heteroatoms. The average Bonchev–Trinajstić information content (AvgIpc) is 2.61. The Morgan fingerprint density at radius 2 is 1.79 bits per heavy atom. The Morgan fingerprint density at radius 1 is 1.14 bits per heavy atom. The monoisotopic (exact) mass is 330 g/mol. The van der Waals surface area contributed by atoms with Crippen LogP contribution in [0.15, 0.2) is 0 Å². The van der Waals surface area contributed by atoms with E-state index in [1.807, 2.05) is 0 Å². The molecule has 1 aliphatic heterocycles. The van der Waals surface area contributed by atoms with Crippen LogP contribution in [0.4, 0.5) is 0 Å². The minimum Gasteiger partial charge on any atom is -0.373 e. The van der Waals surface area contributed by atoms with Crippen molar-refractivity contribution in [1.29, 1.82) is 0 Å². The second-order valence-electron chi connectivity index (χ2n) is 4.17. The Balaban J connectivity index is 1.92. The third-order valence-corrected chi connectivity index (χ3v) is 6.45. The van der Waals surface area contributed by atoms with Crippen LogP contribution in [0.1, 0.15) is 25.7 Å². The standard InChI is InChI=1S/C9H15IO3S/c10-8-5-14(11,12)6-9(8)13-7-3-1-2-4-7/h7-9H,1-6H2. The molecule has 2 rings (SSSR count). The summed E-state index contributed by atoms with van der Waals surface area (Å²) in [7, 11) is -2.82. The van der Waals surface area contributed by atoms with Crippen LogP contribution in [0.3, 0.4) is 0 Å². The lowest BCUT2D eigenvalue weighted by molar-refractivity contribution is 0.0113. The molecule has 3 nitrogen and oxygen atoms in total. The number of hydrogen-bond acceptors (Lipinski definition) is 3. The van der Waals surface area contributed by atoms with Crippen LogP contribution in [0.2, 0.25) is 0 Å². The summed E-state index contributed by atoms with van der Waals surface area (Å²) >= 11 is 2.20. The highest BCUT2D eigenvalue weighted by Crippen LogP contribution is 2.28. The Labute approximate surface area is 98.6 Å². The van der Waals surface area contributed by atoms with Crippen molar-refractivity contribution >= 4 is 32.4 Å². The lowest BCUT2D eigenvalue weighted by Crippen LogP contribution is -2.27.